The summed E-state index contributed by atoms with van der Waals surface area (Å²) in [5.41, 5.74) is 1.78. The lowest BCUT2D eigenvalue weighted by Gasteiger charge is -2.28. The Bertz CT molecular complexity index is 737. The average molecular weight is 320 g/mol. The van der Waals surface area contributed by atoms with E-state index in [9.17, 15) is 13.6 Å². The predicted octanol–water partition coefficient (Wildman–Crippen LogP) is 3.15. The van der Waals surface area contributed by atoms with Crippen LogP contribution in [0.5, 0.6) is 11.5 Å². The number of carbonyl (C=O) groups excluding carboxylic acids is 1. The molecule has 0 radical (unpaired) electrons. The van der Waals surface area contributed by atoms with Crippen molar-refractivity contribution in [3.63, 3.8) is 0 Å². The van der Waals surface area contributed by atoms with E-state index in [-0.39, 0.29) is 17.4 Å². The van der Waals surface area contributed by atoms with Gasteiger partial charge < -0.3 is 20.1 Å². The van der Waals surface area contributed by atoms with Crippen molar-refractivity contribution in [2.75, 3.05) is 12.4 Å². The summed E-state index contributed by atoms with van der Waals surface area (Å²) in [6.07, 6.45) is -0.552. The molecule has 0 bridgehead atoms. The van der Waals surface area contributed by atoms with E-state index in [0.717, 1.165) is 0 Å². The highest BCUT2D eigenvalue weighted by Crippen LogP contribution is 2.33. The van der Waals surface area contributed by atoms with Gasteiger partial charge in [-0.15, -0.1) is 0 Å². The van der Waals surface area contributed by atoms with E-state index in [0.29, 0.717) is 16.8 Å². The summed E-state index contributed by atoms with van der Waals surface area (Å²) in [4.78, 5) is 12.1. The van der Waals surface area contributed by atoms with Gasteiger partial charge in [0.25, 0.3) is 5.91 Å². The van der Waals surface area contributed by atoms with E-state index in [1.807, 2.05) is 0 Å². The van der Waals surface area contributed by atoms with Gasteiger partial charge in [-0.3, -0.25) is 4.79 Å². The van der Waals surface area contributed by atoms with Gasteiger partial charge >= 0.3 is 6.61 Å². The van der Waals surface area contributed by atoms with Crippen LogP contribution in [-0.4, -0.2) is 19.6 Å². The van der Waals surface area contributed by atoms with Gasteiger partial charge in [-0.2, -0.15) is 8.78 Å². The highest BCUT2D eigenvalue weighted by Gasteiger charge is 2.25. The van der Waals surface area contributed by atoms with Crippen molar-refractivity contribution in [3.8, 4) is 11.5 Å². The van der Waals surface area contributed by atoms with Crippen LogP contribution < -0.4 is 20.1 Å². The van der Waals surface area contributed by atoms with Gasteiger partial charge in [0.15, 0.2) is 11.5 Å². The van der Waals surface area contributed by atoms with Crippen molar-refractivity contribution in [1.29, 1.82) is 0 Å². The highest BCUT2D eigenvalue weighted by atomic mass is 19.3. The van der Waals surface area contributed by atoms with E-state index >= 15 is 0 Å². The maximum atomic E-state index is 12.5. The molecule has 1 heterocycles. The molecule has 1 aliphatic heterocycles. The summed E-state index contributed by atoms with van der Waals surface area (Å²) < 4.78 is 34.5. The maximum Gasteiger partial charge on any atom is 0.387 e. The smallest absolute Gasteiger partial charge is 0.387 e. The summed E-state index contributed by atoms with van der Waals surface area (Å²) in [7, 11) is 1.37. The molecule has 0 aliphatic carbocycles. The molecule has 0 spiro atoms. The molecule has 0 aromatic heterocycles. The predicted molar refractivity (Wildman–Crippen MR) is 79.9 cm³/mol. The fourth-order valence-electron chi connectivity index (χ4n) is 2.44. The summed E-state index contributed by atoms with van der Waals surface area (Å²) in [6.45, 7) is -2.96. The zero-order valence-corrected chi connectivity index (χ0v) is 12.2. The lowest BCUT2D eigenvalue weighted by molar-refractivity contribution is -0.0512. The number of rotatable bonds is 4. The Morgan fingerprint density at radius 2 is 1.87 bits per heavy atom. The molecule has 1 amide bonds. The molecule has 2 aromatic rings. The Kier molecular flexibility index (Phi) is 4.01. The van der Waals surface area contributed by atoms with Crippen LogP contribution in [0.2, 0.25) is 0 Å². The number of para-hydroxylation sites is 1. The molecule has 3 rings (SSSR count). The van der Waals surface area contributed by atoms with Crippen LogP contribution in [0.15, 0.2) is 42.5 Å². The molecule has 0 saturated heterocycles. The van der Waals surface area contributed by atoms with Crippen LogP contribution in [0.3, 0.4) is 0 Å². The van der Waals surface area contributed by atoms with Crippen molar-refractivity contribution in [1.82, 2.24) is 5.32 Å². The zero-order chi connectivity index (χ0) is 16.4. The first-order valence-corrected chi connectivity index (χ1v) is 6.87. The van der Waals surface area contributed by atoms with Gasteiger partial charge in [0.05, 0.1) is 12.7 Å². The van der Waals surface area contributed by atoms with Gasteiger partial charge in [-0.25, -0.2) is 0 Å². The molecule has 0 fully saturated rings. The minimum absolute atomic E-state index is 0.0880. The van der Waals surface area contributed by atoms with E-state index in [1.54, 1.807) is 30.3 Å². The number of nitrogens with one attached hydrogen (secondary N) is 2. The van der Waals surface area contributed by atoms with E-state index in [1.165, 1.54) is 19.2 Å². The first-order chi connectivity index (χ1) is 11.1. The van der Waals surface area contributed by atoms with E-state index in [4.69, 9.17) is 4.74 Å². The number of hydrogen-bond acceptors (Lipinski definition) is 4. The van der Waals surface area contributed by atoms with Crippen LogP contribution in [0, 0.1) is 0 Å². The van der Waals surface area contributed by atoms with Crippen LogP contribution in [-0.2, 0) is 0 Å². The lowest BCUT2D eigenvalue weighted by Crippen LogP contribution is -2.38. The molecule has 5 nitrogen and oxygen atoms in total. The lowest BCUT2D eigenvalue weighted by atomic mass is 10.1. The zero-order valence-electron chi connectivity index (χ0n) is 12.2. The number of carbonyl (C=O) groups is 1. The molecular weight excluding hydrogens is 306 g/mol. The Hall–Kier alpha value is -2.83. The maximum absolute atomic E-state index is 12.5. The fourth-order valence-corrected chi connectivity index (χ4v) is 2.44. The Labute approximate surface area is 131 Å². The first kappa shape index (κ1) is 15.1. The second-order valence-electron chi connectivity index (χ2n) is 4.89. The molecule has 23 heavy (non-hydrogen) atoms. The molecule has 2 N–H and O–H groups in total. The van der Waals surface area contributed by atoms with Crippen LogP contribution >= 0.6 is 0 Å². The van der Waals surface area contributed by atoms with Crippen LogP contribution in [0.4, 0.5) is 14.5 Å². The number of halogens is 2. The van der Waals surface area contributed by atoms with Gasteiger partial charge in [0, 0.05) is 5.69 Å². The quantitative estimate of drug-likeness (QED) is 0.908. The number of methoxy groups -OCH3 is 1. The number of benzene rings is 2. The van der Waals surface area contributed by atoms with Crippen LogP contribution in [0.25, 0.3) is 0 Å². The Morgan fingerprint density at radius 1 is 1.09 bits per heavy atom. The monoisotopic (exact) mass is 320 g/mol. The average Bonchev–Trinajstić information content (AvgIpc) is 2.54. The second-order valence-corrected chi connectivity index (χ2v) is 4.89. The summed E-state index contributed by atoms with van der Waals surface area (Å²) >= 11 is 0. The number of hydrogen-bond donors (Lipinski definition) is 2. The Balaban J connectivity index is 1.92. The number of anilines is 1. The number of fused-ring (bicyclic) bond motifs is 1. The molecule has 2 aromatic carbocycles. The SMILES string of the molecule is COc1ccc(C2NC(=O)c3ccccc3N2)cc1OC(F)F. The van der Waals surface area contributed by atoms with Crippen molar-refractivity contribution in [3.05, 3.63) is 53.6 Å². The minimum Gasteiger partial charge on any atom is -0.493 e. The normalized spacial score (nSPS) is 16.3. The standard InChI is InChI=1S/C16H14F2N2O3/c1-22-12-7-6-9(8-13(12)23-16(17)18)14-19-11-5-3-2-4-10(11)15(21)20-14/h2-8,14,16,19H,1H3,(H,20,21). The van der Waals surface area contributed by atoms with Crippen molar-refractivity contribution >= 4 is 11.6 Å². The van der Waals surface area contributed by atoms with Crippen molar-refractivity contribution in [2.45, 2.75) is 12.8 Å². The van der Waals surface area contributed by atoms with Crippen molar-refractivity contribution < 1.29 is 23.0 Å². The largest absolute Gasteiger partial charge is 0.493 e. The van der Waals surface area contributed by atoms with Gasteiger partial charge in [0.2, 0.25) is 0 Å². The molecule has 120 valence electrons. The third kappa shape index (κ3) is 3.03. The molecule has 1 aliphatic rings. The van der Waals surface area contributed by atoms with Crippen molar-refractivity contribution in [2.24, 2.45) is 0 Å². The summed E-state index contributed by atoms with van der Waals surface area (Å²) in [6, 6.07) is 11.7. The number of amides is 1. The molecule has 1 unspecified atom stereocenters. The first-order valence-electron chi connectivity index (χ1n) is 6.87. The molecule has 0 saturated carbocycles. The van der Waals surface area contributed by atoms with Gasteiger partial charge in [0.1, 0.15) is 6.17 Å². The van der Waals surface area contributed by atoms with Gasteiger partial charge in [-0.05, 0) is 29.8 Å². The van der Waals surface area contributed by atoms with Gasteiger partial charge in [-0.1, -0.05) is 18.2 Å². The summed E-state index contributed by atoms with van der Waals surface area (Å²) in [5, 5.41) is 5.92. The number of ether oxygens (including phenoxy) is 2. The minimum atomic E-state index is -2.96. The fraction of sp³-hybridized carbons (Fsp3) is 0.188. The topological polar surface area (TPSA) is 59.6 Å². The van der Waals surface area contributed by atoms with E-state index in [2.05, 4.69) is 15.4 Å². The van der Waals surface area contributed by atoms with E-state index < -0.39 is 12.8 Å². The summed E-state index contributed by atoms with van der Waals surface area (Å²) in [5.74, 6) is -0.136. The Morgan fingerprint density at radius 3 is 2.61 bits per heavy atom. The molecule has 7 heteroatoms. The second kappa shape index (κ2) is 6.12. The van der Waals surface area contributed by atoms with Crippen LogP contribution in [0.1, 0.15) is 22.1 Å². The number of alkyl halides is 2. The third-order valence-corrected chi connectivity index (χ3v) is 3.48. The highest BCUT2D eigenvalue weighted by molar-refractivity contribution is 6.01. The molecule has 1 atom stereocenters. The molecular formula is C16H14F2N2O3. The third-order valence-electron chi connectivity index (χ3n) is 3.48.